The van der Waals surface area contributed by atoms with Gasteiger partial charge in [-0.1, -0.05) is 78.1 Å². The van der Waals surface area contributed by atoms with E-state index < -0.39 is 34.5 Å². The minimum atomic E-state index is -1.93. The lowest BCUT2D eigenvalue weighted by Gasteiger charge is -2.28. The van der Waals surface area contributed by atoms with E-state index in [1.54, 1.807) is 24.3 Å². The fourth-order valence-electron chi connectivity index (χ4n) is 5.48. The summed E-state index contributed by atoms with van der Waals surface area (Å²) < 4.78 is 30.2. The van der Waals surface area contributed by atoms with Gasteiger partial charge in [-0.15, -0.1) is 0 Å². The van der Waals surface area contributed by atoms with E-state index in [-0.39, 0.29) is 23.4 Å². The number of hydrogen-bond acceptors (Lipinski definition) is 8. The van der Waals surface area contributed by atoms with Crippen LogP contribution in [0.2, 0.25) is 0 Å². The molecule has 43 heavy (non-hydrogen) atoms. The Bertz CT molecular complexity index is 1200. The van der Waals surface area contributed by atoms with E-state index in [4.69, 9.17) is 19.9 Å². The second kappa shape index (κ2) is 17.4. The molecule has 0 amide bonds. The number of alkyl halides is 1. The van der Waals surface area contributed by atoms with E-state index in [0.717, 1.165) is 36.8 Å². The van der Waals surface area contributed by atoms with Gasteiger partial charge in [-0.25, -0.2) is 14.0 Å². The van der Waals surface area contributed by atoms with Gasteiger partial charge in [-0.3, -0.25) is 10.1 Å². The van der Waals surface area contributed by atoms with Crippen molar-refractivity contribution < 1.29 is 33.1 Å². The average Bonchev–Trinajstić information content (AvgIpc) is 2.99. The molecule has 0 heterocycles. The van der Waals surface area contributed by atoms with E-state index in [1.165, 1.54) is 51.4 Å². The van der Waals surface area contributed by atoms with Crippen molar-refractivity contribution >= 4 is 23.3 Å². The van der Waals surface area contributed by atoms with Crippen molar-refractivity contribution in [2.24, 2.45) is 11.8 Å². The molecule has 0 saturated heterocycles. The number of benzene rings is 2. The van der Waals surface area contributed by atoms with Crippen molar-refractivity contribution in [2.75, 3.05) is 12.3 Å². The Morgan fingerprint density at radius 1 is 0.930 bits per heavy atom. The van der Waals surface area contributed by atoms with E-state index in [0.29, 0.717) is 25.2 Å². The summed E-state index contributed by atoms with van der Waals surface area (Å²) in [6.07, 6.45) is 12.0. The number of halogens is 1. The van der Waals surface area contributed by atoms with Crippen molar-refractivity contribution in [3.8, 4) is 17.2 Å². The topological polar surface area (TPSA) is 131 Å². The maximum Gasteiger partial charge on any atom is 0.346 e. The van der Waals surface area contributed by atoms with Gasteiger partial charge in [-0.05, 0) is 55.4 Å². The molecule has 9 nitrogen and oxygen atoms in total. The summed E-state index contributed by atoms with van der Waals surface area (Å²) >= 11 is 0. The number of rotatable bonds is 17. The number of nitro groups is 1. The number of ether oxygens (including phenoxy) is 3. The molecule has 2 N–H and O–H groups in total. The largest absolute Gasteiger partial charge is 0.494 e. The first kappa shape index (κ1) is 33.8. The molecule has 1 fully saturated rings. The first-order valence-corrected chi connectivity index (χ1v) is 15.6. The van der Waals surface area contributed by atoms with Crippen LogP contribution >= 0.6 is 0 Å². The van der Waals surface area contributed by atoms with Crippen LogP contribution in [0.25, 0.3) is 0 Å². The Morgan fingerprint density at radius 2 is 1.53 bits per heavy atom. The molecule has 2 aromatic carbocycles. The number of anilines is 1. The molecule has 0 aromatic heterocycles. The summed E-state index contributed by atoms with van der Waals surface area (Å²) in [4.78, 5) is 35.6. The van der Waals surface area contributed by atoms with E-state index in [9.17, 15) is 24.1 Å². The van der Waals surface area contributed by atoms with Crippen molar-refractivity contribution in [1.82, 2.24) is 0 Å². The zero-order valence-corrected chi connectivity index (χ0v) is 25.4. The molecule has 0 bridgehead atoms. The lowest BCUT2D eigenvalue weighted by Crippen LogP contribution is -2.22. The van der Waals surface area contributed by atoms with Crippen LogP contribution in [0, 0.1) is 22.0 Å². The van der Waals surface area contributed by atoms with Crippen LogP contribution in [0.3, 0.4) is 0 Å². The van der Waals surface area contributed by atoms with Gasteiger partial charge in [0.15, 0.2) is 6.17 Å². The maximum atomic E-state index is 14.0. The van der Waals surface area contributed by atoms with Crippen molar-refractivity contribution in [1.29, 1.82) is 0 Å². The number of nitrogen functional groups attached to an aromatic ring is 1. The average molecular weight is 601 g/mol. The van der Waals surface area contributed by atoms with Gasteiger partial charge in [0.1, 0.15) is 11.5 Å². The van der Waals surface area contributed by atoms with Crippen LogP contribution in [-0.2, 0) is 4.79 Å². The quantitative estimate of drug-likeness (QED) is 0.0478. The van der Waals surface area contributed by atoms with Crippen LogP contribution in [0.5, 0.6) is 17.2 Å². The number of unbranched alkanes of at least 4 members (excludes halogenated alkanes) is 3. The van der Waals surface area contributed by atoms with E-state index >= 15 is 0 Å². The highest BCUT2D eigenvalue weighted by Crippen LogP contribution is 2.35. The van der Waals surface area contributed by atoms with Gasteiger partial charge in [0.25, 0.3) is 0 Å². The number of carbonyl (C=O) groups is 2. The summed E-state index contributed by atoms with van der Waals surface area (Å²) in [7, 11) is 0. The summed E-state index contributed by atoms with van der Waals surface area (Å²) in [6.45, 7) is 4.70. The molecule has 0 spiro atoms. The molecule has 0 unspecified atom stereocenters. The van der Waals surface area contributed by atoms with E-state index in [1.807, 2.05) is 6.92 Å². The number of hydrogen-bond donors (Lipinski definition) is 1. The van der Waals surface area contributed by atoms with Gasteiger partial charge in [0, 0.05) is 12.1 Å². The lowest BCUT2D eigenvalue weighted by molar-refractivity contribution is -0.385. The van der Waals surface area contributed by atoms with Gasteiger partial charge >= 0.3 is 17.6 Å². The summed E-state index contributed by atoms with van der Waals surface area (Å²) in [5, 5.41) is 11.6. The van der Waals surface area contributed by atoms with Crippen LogP contribution in [0.4, 0.5) is 15.8 Å². The molecule has 236 valence electrons. The number of carbonyl (C=O) groups excluding carboxylic acids is 2. The third kappa shape index (κ3) is 10.8. The summed E-state index contributed by atoms with van der Waals surface area (Å²) in [5.74, 6) is -0.198. The highest BCUT2D eigenvalue weighted by molar-refractivity contribution is 5.98. The Kier molecular flexibility index (Phi) is 13.7. The molecule has 0 radical (unpaired) electrons. The Morgan fingerprint density at radius 3 is 2.14 bits per heavy atom. The molecule has 3 rings (SSSR count). The van der Waals surface area contributed by atoms with Crippen molar-refractivity contribution in [3.05, 3.63) is 52.1 Å². The minimum Gasteiger partial charge on any atom is -0.494 e. The normalized spacial score (nSPS) is 17.2. The maximum absolute atomic E-state index is 14.0. The van der Waals surface area contributed by atoms with E-state index in [2.05, 4.69) is 6.92 Å². The molecule has 1 saturated carbocycles. The predicted molar refractivity (Wildman–Crippen MR) is 163 cm³/mol. The van der Waals surface area contributed by atoms with Gasteiger partial charge < -0.3 is 19.9 Å². The van der Waals surface area contributed by atoms with Crippen LogP contribution in [-0.4, -0.2) is 29.6 Å². The van der Waals surface area contributed by atoms with Crippen LogP contribution < -0.4 is 19.9 Å². The smallest absolute Gasteiger partial charge is 0.346 e. The monoisotopic (exact) mass is 600 g/mol. The molecular formula is C33H45FN2O7. The Balaban J connectivity index is 1.48. The Hall–Kier alpha value is -3.69. The zero-order chi connectivity index (χ0) is 31.2. The predicted octanol–water partition coefficient (Wildman–Crippen LogP) is 8.38. The van der Waals surface area contributed by atoms with Crippen LogP contribution in [0.15, 0.2) is 36.4 Å². The summed E-state index contributed by atoms with van der Waals surface area (Å²) in [5.41, 5.74) is 4.72. The third-order valence-electron chi connectivity index (χ3n) is 8.07. The fourth-order valence-corrected chi connectivity index (χ4v) is 5.48. The van der Waals surface area contributed by atoms with Gasteiger partial charge in [0.2, 0.25) is 5.75 Å². The second-order valence-electron chi connectivity index (χ2n) is 11.4. The molecular weight excluding hydrogens is 555 g/mol. The van der Waals surface area contributed by atoms with Crippen LogP contribution in [0.1, 0.15) is 108 Å². The molecule has 0 aliphatic heterocycles. The molecule has 10 heteroatoms. The zero-order valence-electron chi connectivity index (χ0n) is 25.4. The SMILES string of the molecule is CCCCCC1CCC(CCCOc2ccc(OC(=O)c3cc([N+](=O)[O-])c(OC(=O)[C@H](F)CCCC)cc3N)cc2)CC1. The molecule has 1 atom stereocenters. The molecule has 2 aromatic rings. The molecule has 1 aliphatic carbocycles. The Labute approximate surface area is 253 Å². The standard InChI is InChI=1S/C33H45FN2O7/c1-3-5-7-9-23-12-14-24(15-13-23)10-8-20-41-25-16-18-26(19-17-25)42-32(37)27-21-30(36(39)40)31(22-29(27)35)43-33(38)28(34)11-6-4-2/h16-19,21-24,28H,3-15,20,35H2,1-2H3/t23?,24?,28-/m1/s1. The first-order valence-electron chi connectivity index (χ1n) is 15.6. The van der Waals surface area contributed by atoms with Gasteiger partial charge in [-0.2, -0.15) is 0 Å². The highest BCUT2D eigenvalue weighted by atomic mass is 19.1. The number of esters is 2. The number of nitro benzene ring substituents is 1. The fraction of sp³-hybridized carbons (Fsp3) is 0.576. The molecule has 1 aliphatic rings. The number of nitrogens with two attached hydrogens (primary N) is 1. The lowest BCUT2D eigenvalue weighted by atomic mass is 9.78. The van der Waals surface area contributed by atoms with Gasteiger partial charge in [0.05, 0.1) is 22.8 Å². The minimum absolute atomic E-state index is 0.0625. The van der Waals surface area contributed by atoms with Crippen molar-refractivity contribution in [3.63, 3.8) is 0 Å². The second-order valence-corrected chi connectivity index (χ2v) is 11.4. The summed E-state index contributed by atoms with van der Waals surface area (Å²) in [6, 6.07) is 8.30. The van der Waals surface area contributed by atoms with Crippen molar-refractivity contribution in [2.45, 2.75) is 103 Å². The number of nitrogens with zero attached hydrogens (tertiary/aromatic N) is 1. The first-order chi connectivity index (χ1) is 20.7. The highest BCUT2D eigenvalue weighted by Gasteiger charge is 2.27. The third-order valence-corrected chi connectivity index (χ3v) is 8.07.